The molecular weight excluding hydrogens is 244 g/mol. The molecule has 0 aliphatic carbocycles. The first-order chi connectivity index (χ1) is 8.83. The minimum absolute atomic E-state index is 0.636. The predicted octanol–water partition coefficient (Wildman–Crippen LogP) is 2.97. The van der Waals surface area contributed by atoms with Gasteiger partial charge in [-0.05, 0) is 18.4 Å². The zero-order valence-electron chi connectivity index (χ0n) is 10.1. The van der Waals surface area contributed by atoms with E-state index in [9.17, 15) is 0 Å². The van der Waals surface area contributed by atoms with Gasteiger partial charge in [-0.15, -0.1) is 11.3 Å². The number of nitrogen functional groups attached to an aromatic ring is 1. The number of thiazole rings is 1. The van der Waals surface area contributed by atoms with Gasteiger partial charge in [-0.25, -0.2) is 4.98 Å². The third kappa shape index (κ3) is 2.40. The Labute approximate surface area is 111 Å². The highest BCUT2D eigenvalue weighted by Gasteiger charge is 2.18. The fourth-order valence-corrected chi connectivity index (χ4v) is 3.16. The molecule has 0 radical (unpaired) electrons. The van der Waals surface area contributed by atoms with Crippen LogP contribution in [0.3, 0.4) is 0 Å². The van der Waals surface area contributed by atoms with Crippen LogP contribution in [0.1, 0.15) is 11.4 Å². The van der Waals surface area contributed by atoms with E-state index < -0.39 is 0 Å². The molecule has 2 heterocycles. The van der Waals surface area contributed by atoms with E-state index in [1.165, 1.54) is 5.01 Å². The summed E-state index contributed by atoms with van der Waals surface area (Å²) in [6.07, 6.45) is 2.18. The normalized spacial score (nSPS) is 19.2. The number of para-hydroxylation sites is 1. The Balaban J connectivity index is 1.79. The van der Waals surface area contributed by atoms with Crippen LogP contribution in [-0.2, 0) is 11.2 Å². The molecule has 94 valence electrons. The van der Waals surface area contributed by atoms with Gasteiger partial charge in [-0.1, -0.05) is 18.2 Å². The monoisotopic (exact) mass is 260 g/mol. The molecule has 1 aromatic carbocycles. The van der Waals surface area contributed by atoms with Crippen LogP contribution in [0.5, 0.6) is 0 Å². The van der Waals surface area contributed by atoms with Gasteiger partial charge in [0.25, 0.3) is 0 Å². The Morgan fingerprint density at radius 3 is 3.06 bits per heavy atom. The van der Waals surface area contributed by atoms with Crippen molar-refractivity contribution >= 4 is 17.0 Å². The standard InChI is InChI=1S/C14H16N2OS/c15-12-4-2-1-3-11(12)13-9-18-14(16-13)7-10-5-6-17-8-10/h1-4,9-10H,5-8,15H2. The number of aromatic nitrogens is 1. The maximum atomic E-state index is 5.97. The number of hydrogen-bond donors (Lipinski definition) is 1. The van der Waals surface area contributed by atoms with Gasteiger partial charge < -0.3 is 10.5 Å². The minimum Gasteiger partial charge on any atom is -0.398 e. The van der Waals surface area contributed by atoms with Gasteiger partial charge in [0.05, 0.1) is 10.7 Å². The van der Waals surface area contributed by atoms with E-state index in [2.05, 4.69) is 10.4 Å². The van der Waals surface area contributed by atoms with Crippen molar-refractivity contribution in [2.75, 3.05) is 18.9 Å². The summed E-state index contributed by atoms with van der Waals surface area (Å²) in [6, 6.07) is 7.88. The second-order valence-corrected chi connectivity index (χ2v) is 5.59. The molecule has 1 atom stereocenters. The third-order valence-corrected chi connectivity index (χ3v) is 4.15. The van der Waals surface area contributed by atoms with Crippen LogP contribution >= 0.6 is 11.3 Å². The van der Waals surface area contributed by atoms with Gasteiger partial charge in [0, 0.05) is 36.3 Å². The lowest BCUT2D eigenvalue weighted by Crippen LogP contribution is -2.03. The maximum absolute atomic E-state index is 5.97. The summed E-state index contributed by atoms with van der Waals surface area (Å²) in [5, 5.41) is 3.28. The summed E-state index contributed by atoms with van der Waals surface area (Å²) >= 11 is 1.72. The lowest BCUT2D eigenvalue weighted by molar-refractivity contribution is 0.186. The summed E-state index contributed by atoms with van der Waals surface area (Å²) in [5.74, 6) is 0.636. The Morgan fingerprint density at radius 2 is 2.28 bits per heavy atom. The van der Waals surface area contributed by atoms with Gasteiger partial charge in [0.1, 0.15) is 0 Å². The number of hydrogen-bond acceptors (Lipinski definition) is 4. The first-order valence-corrected chi connectivity index (χ1v) is 7.08. The maximum Gasteiger partial charge on any atom is 0.0936 e. The van der Waals surface area contributed by atoms with E-state index in [1.807, 2.05) is 24.3 Å². The van der Waals surface area contributed by atoms with Crippen LogP contribution in [0.4, 0.5) is 5.69 Å². The van der Waals surface area contributed by atoms with Crippen molar-refractivity contribution < 1.29 is 4.74 Å². The summed E-state index contributed by atoms with van der Waals surface area (Å²) in [6.45, 7) is 1.77. The van der Waals surface area contributed by atoms with Crippen molar-refractivity contribution in [2.45, 2.75) is 12.8 Å². The van der Waals surface area contributed by atoms with E-state index in [-0.39, 0.29) is 0 Å². The Morgan fingerprint density at radius 1 is 1.39 bits per heavy atom. The molecule has 18 heavy (non-hydrogen) atoms. The van der Waals surface area contributed by atoms with Crippen LogP contribution < -0.4 is 5.73 Å². The lowest BCUT2D eigenvalue weighted by Gasteiger charge is -2.03. The fraction of sp³-hybridized carbons (Fsp3) is 0.357. The first kappa shape index (κ1) is 11.7. The second-order valence-electron chi connectivity index (χ2n) is 4.65. The number of ether oxygens (including phenoxy) is 1. The van der Waals surface area contributed by atoms with Gasteiger partial charge >= 0.3 is 0 Å². The average Bonchev–Trinajstić information content (AvgIpc) is 3.02. The van der Waals surface area contributed by atoms with Crippen molar-refractivity contribution in [3.8, 4) is 11.3 Å². The largest absolute Gasteiger partial charge is 0.398 e. The molecule has 1 unspecified atom stereocenters. The highest BCUT2D eigenvalue weighted by molar-refractivity contribution is 7.09. The van der Waals surface area contributed by atoms with E-state index in [1.54, 1.807) is 11.3 Å². The van der Waals surface area contributed by atoms with Crippen molar-refractivity contribution in [1.82, 2.24) is 4.98 Å². The van der Waals surface area contributed by atoms with Crippen molar-refractivity contribution in [2.24, 2.45) is 5.92 Å². The van der Waals surface area contributed by atoms with Crippen LogP contribution in [0.2, 0.25) is 0 Å². The average molecular weight is 260 g/mol. The number of anilines is 1. The predicted molar refractivity (Wildman–Crippen MR) is 74.6 cm³/mol. The molecular formula is C14H16N2OS. The topological polar surface area (TPSA) is 48.1 Å². The van der Waals surface area contributed by atoms with Gasteiger partial charge in [-0.3, -0.25) is 0 Å². The van der Waals surface area contributed by atoms with E-state index in [0.29, 0.717) is 5.92 Å². The summed E-state index contributed by atoms with van der Waals surface area (Å²) in [4.78, 5) is 4.69. The number of nitrogens with zero attached hydrogens (tertiary/aromatic N) is 1. The zero-order valence-corrected chi connectivity index (χ0v) is 11.0. The molecule has 4 heteroatoms. The molecule has 1 fully saturated rings. The lowest BCUT2D eigenvalue weighted by atomic mass is 10.1. The molecule has 1 saturated heterocycles. The minimum atomic E-state index is 0.636. The first-order valence-electron chi connectivity index (χ1n) is 6.20. The van der Waals surface area contributed by atoms with Crippen molar-refractivity contribution in [3.05, 3.63) is 34.7 Å². The van der Waals surface area contributed by atoms with Crippen LogP contribution in [-0.4, -0.2) is 18.2 Å². The smallest absolute Gasteiger partial charge is 0.0936 e. The zero-order chi connectivity index (χ0) is 12.4. The molecule has 2 aromatic rings. The van der Waals surface area contributed by atoms with E-state index in [0.717, 1.165) is 43.0 Å². The second kappa shape index (κ2) is 5.08. The van der Waals surface area contributed by atoms with Crippen LogP contribution in [0, 0.1) is 5.92 Å². The summed E-state index contributed by atoms with van der Waals surface area (Å²) < 4.78 is 5.40. The number of benzene rings is 1. The number of rotatable bonds is 3. The van der Waals surface area contributed by atoms with Gasteiger partial charge in [-0.2, -0.15) is 0 Å². The molecule has 1 aromatic heterocycles. The van der Waals surface area contributed by atoms with Crippen molar-refractivity contribution in [1.29, 1.82) is 0 Å². The molecule has 1 aliphatic rings. The molecule has 1 aliphatic heterocycles. The summed E-state index contributed by atoms with van der Waals surface area (Å²) in [5.41, 5.74) is 8.78. The Kier molecular flexibility index (Phi) is 3.30. The molecule has 0 spiro atoms. The Bertz CT molecular complexity index is 532. The molecule has 2 N–H and O–H groups in total. The highest BCUT2D eigenvalue weighted by atomic mass is 32.1. The quantitative estimate of drug-likeness (QED) is 0.863. The molecule has 0 amide bonds. The molecule has 3 rings (SSSR count). The highest BCUT2D eigenvalue weighted by Crippen LogP contribution is 2.28. The van der Waals surface area contributed by atoms with Crippen LogP contribution in [0.15, 0.2) is 29.6 Å². The van der Waals surface area contributed by atoms with E-state index >= 15 is 0 Å². The SMILES string of the molecule is Nc1ccccc1-c1csc(CC2CCOC2)n1. The number of nitrogens with two attached hydrogens (primary N) is 1. The van der Waals surface area contributed by atoms with Crippen molar-refractivity contribution in [3.63, 3.8) is 0 Å². The fourth-order valence-electron chi connectivity index (χ4n) is 2.25. The summed E-state index contributed by atoms with van der Waals surface area (Å²) in [7, 11) is 0. The molecule has 3 nitrogen and oxygen atoms in total. The molecule has 0 bridgehead atoms. The van der Waals surface area contributed by atoms with Gasteiger partial charge in [0.2, 0.25) is 0 Å². The Hall–Kier alpha value is -1.39. The molecule has 0 saturated carbocycles. The van der Waals surface area contributed by atoms with Crippen LogP contribution in [0.25, 0.3) is 11.3 Å². The third-order valence-electron chi connectivity index (χ3n) is 3.28. The van der Waals surface area contributed by atoms with Gasteiger partial charge in [0.15, 0.2) is 0 Å². The van der Waals surface area contributed by atoms with E-state index in [4.69, 9.17) is 10.5 Å².